The van der Waals surface area contributed by atoms with E-state index in [2.05, 4.69) is 48.5 Å². The Morgan fingerprint density at radius 1 is 1.29 bits per heavy atom. The first kappa shape index (κ1) is 17.4. The molecule has 0 radical (unpaired) electrons. The Labute approximate surface area is 127 Å². The lowest BCUT2D eigenvalue weighted by molar-refractivity contribution is 0.197. The van der Waals surface area contributed by atoms with E-state index >= 15 is 0 Å². The van der Waals surface area contributed by atoms with Gasteiger partial charge in [-0.1, -0.05) is 12.1 Å². The van der Waals surface area contributed by atoms with E-state index in [0.717, 1.165) is 24.6 Å². The first-order valence-electron chi connectivity index (χ1n) is 7.29. The monoisotopic (exact) mass is 294 g/mol. The topological polar surface area (TPSA) is 39.7 Å². The molecule has 0 saturated carbocycles. The zero-order valence-electron chi connectivity index (χ0n) is 13.7. The van der Waals surface area contributed by atoms with Crippen LogP contribution in [0.1, 0.15) is 26.3 Å². The maximum absolute atomic E-state index is 13.1. The summed E-state index contributed by atoms with van der Waals surface area (Å²) < 4.78 is 13.1. The normalized spacial score (nSPS) is 12.6. The van der Waals surface area contributed by atoms with Crippen LogP contribution < -0.4 is 10.6 Å². The Kier molecular flexibility index (Phi) is 6.62. The molecule has 4 nitrogen and oxygen atoms in total. The number of hydrogen-bond acceptors (Lipinski definition) is 2. The highest BCUT2D eigenvalue weighted by Crippen LogP contribution is 2.08. The first-order chi connectivity index (χ1) is 9.85. The van der Waals surface area contributed by atoms with Crippen molar-refractivity contribution in [1.82, 2.24) is 15.5 Å². The first-order valence-corrected chi connectivity index (χ1v) is 7.29. The van der Waals surface area contributed by atoms with E-state index in [0.29, 0.717) is 6.54 Å². The zero-order chi connectivity index (χ0) is 15.9. The summed E-state index contributed by atoms with van der Waals surface area (Å²) in [5, 5.41) is 6.54. The van der Waals surface area contributed by atoms with Crippen molar-refractivity contribution in [3.63, 3.8) is 0 Å². The molecule has 0 heterocycles. The van der Waals surface area contributed by atoms with E-state index in [1.165, 1.54) is 12.1 Å². The molecule has 0 aliphatic heterocycles. The summed E-state index contributed by atoms with van der Waals surface area (Å²) in [6.45, 7) is 8.37. The second-order valence-electron chi connectivity index (χ2n) is 5.89. The minimum absolute atomic E-state index is 0.0229. The average molecular weight is 294 g/mol. The summed E-state index contributed by atoms with van der Waals surface area (Å²) in [7, 11) is 4.11. The van der Waals surface area contributed by atoms with Crippen molar-refractivity contribution < 1.29 is 4.39 Å². The molecule has 1 rings (SSSR count). The van der Waals surface area contributed by atoms with Gasteiger partial charge in [0.15, 0.2) is 5.96 Å². The van der Waals surface area contributed by atoms with Crippen LogP contribution >= 0.6 is 0 Å². The van der Waals surface area contributed by atoms with Crippen LogP contribution in [-0.4, -0.2) is 43.6 Å². The number of likely N-dealkylation sites (N-methyl/N-ethyl adjacent to an activating group) is 1. The zero-order valence-corrected chi connectivity index (χ0v) is 13.7. The SMILES string of the molecule is CCNC(=NCc1cccc(F)c1)NCC(C)(C)N(C)C. The van der Waals surface area contributed by atoms with Crippen LogP contribution in [0.4, 0.5) is 4.39 Å². The highest BCUT2D eigenvalue weighted by molar-refractivity contribution is 5.79. The van der Waals surface area contributed by atoms with Gasteiger partial charge >= 0.3 is 0 Å². The number of benzene rings is 1. The molecule has 5 heteroatoms. The molecule has 2 N–H and O–H groups in total. The lowest BCUT2D eigenvalue weighted by Gasteiger charge is -2.33. The van der Waals surface area contributed by atoms with Gasteiger partial charge in [-0.3, -0.25) is 0 Å². The fourth-order valence-corrected chi connectivity index (χ4v) is 1.61. The van der Waals surface area contributed by atoms with Gasteiger partial charge < -0.3 is 15.5 Å². The van der Waals surface area contributed by atoms with Crippen LogP contribution in [0.2, 0.25) is 0 Å². The molecule has 0 spiro atoms. The van der Waals surface area contributed by atoms with Crippen LogP contribution in [0.5, 0.6) is 0 Å². The maximum Gasteiger partial charge on any atom is 0.191 e. The number of nitrogens with zero attached hydrogens (tertiary/aromatic N) is 2. The minimum atomic E-state index is -0.227. The molecule has 1 aromatic carbocycles. The van der Waals surface area contributed by atoms with Crippen LogP contribution in [0.15, 0.2) is 29.3 Å². The minimum Gasteiger partial charge on any atom is -0.357 e. The highest BCUT2D eigenvalue weighted by atomic mass is 19.1. The summed E-state index contributed by atoms with van der Waals surface area (Å²) in [5.74, 6) is 0.520. The van der Waals surface area contributed by atoms with Gasteiger partial charge in [0.05, 0.1) is 6.54 Å². The largest absolute Gasteiger partial charge is 0.357 e. The summed E-state index contributed by atoms with van der Waals surface area (Å²) in [6.07, 6.45) is 0. The van der Waals surface area contributed by atoms with E-state index in [1.54, 1.807) is 6.07 Å². The third-order valence-corrected chi connectivity index (χ3v) is 3.55. The molecule has 0 aliphatic rings. The molecule has 0 atom stereocenters. The lowest BCUT2D eigenvalue weighted by Crippen LogP contribution is -2.50. The van der Waals surface area contributed by atoms with E-state index < -0.39 is 0 Å². The van der Waals surface area contributed by atoms with Crippen molar-refractivity contribution >= 4 is 5.96 Å². The molecule has 0 fully saturated rings. The number of guanidine groups is 1. The number of nitrogens with one attached hydrogen (secondary N) is 2. The standard InChI is InChI=1S/C16H27FN4/c1-6-18-15(20-12-16(2,3)21(4)5)19-11-13-8-7-9-14(17)10-13/h7-10H,6,11-12H2,1-5H3,(H2,18,19,20). The summed E-state index contributed by atoms with van der Waals surface area (Å²) in [6, 6.07) is 6.53. The summed E-state index contributed by atoms with van der Waals surface area (Å²) >= 11 is 0. The van der Waals surface area contributed by atoms with Gasteiger partial charge in [-0.25, -0.2) is 9.38 Å². The molecule has 0 aromatic heterocycles. The van der Waals surface area contributed by atoms with E-state index in [-0.39, 0.29) is 11.4 Å². The van der Waals surface area contributed by atoms with Gasteiger partial charge in [0.25, 0.3) is 0 Å². The molecule has 0 amide bonds. The van der Waals surface area contributed by atoms with E-state index in [1.807, 2.05) is 13.0 Å². The molecule has 0 saturated heterocycles. The van der Waals surface area contributed by atoms with Crippen molar-refractivity contribution in [2.45, 2.75) is 32.9 Å². The Balaban J connectivity index is 2.66. The Morgan fingerprint density at radius 3 is 2.57 bits per heavy atom. The molecule has 0 unspecified atom stereocenters. The second-order valence-corrected chi connectivity index (χ2v) is 5.89. The molecule has 1 aromatic rings. The van der Waals surface area contributed by atoms with Crippen LogP contribution in [0.3, 0.4) is 0 Å². The van der Waals surface area contributed by atoms with Crippen LogP contribution in [0.25, 0.3) is 0 Å². The molecular weight excluding hydrogens is 267 g/mol. The summed E-state index contributed by atoms with van der Waals surface area (Å²) in [4.78, 5) is 6.66. The predicted octanol–water partition coefficient (Wildman–Crippen LogP) is 2.22. The van der Waals surface area contributed by atoms with Crippen molar-refractivity contribution in [2.24, 2.45) is 4.99 Å². The average Bonchev–Trinajstić information content (AvgIpc) is 2.42. The molecule has 21 heavy (non-hydrogen) atoms. The summed E-state index contributed by atoms with van der Waals surface area (Å²) in [5.41, 5.74) is 0.883. The number of aliphatic imine (C=N–C) groups is 1. The smallest absolute Gasteiger partial charge is 0.191 e. The van der Waals surface area contributed by atoms with Crippen molar-refractivity contribution in [3.8, 4) is 0 Å². The van der Waals surface area contributed by atoms with Gasteiger partial charge in [-0.15, -0.1) is 0 Å². The molecule has 0 bridgehead atoms. The predicted molar refractivity (Wildman–Crippen MR) is 87.0 cm³/mol. The van der Waals surface area contributed by atoms with Crippen molar-refractivity contribution in [2.75, 3.05) is 27.2 Å². The number of hydrogen-bond donors (Lipinski definition) is 2. The number of rotatable bonds is 6. The van der Waals surface area contributed by atoms with Crippen molar-refractivity contribution in [1.29, 1.82) is 0 Å². The molecule has 0 aliphatic carbocycles. The number of halogens is 1. The van der Waals surface area contributed by atoms with Crippen LogP contribution in [0, 0.1) is 5.82 Å². The fourth-order valence-electron chi connectivity index (χ4n) is 1.61. The quantitative estimate of drug-likeness (QED) is 0.624. The Morgan fingerprint density at radius 2 is 2.00 bits per heavy atom. The van der Waals surface area contributed by atoms with Crippen molar-refractivity contribution in [3.05, 3.63) is 35.6 Å². The Hall–Kier alpha value is -1.62. The Bertz CT molecular complexity index is 469. The van der Waals surface area contributed by atoms with Gasteiger partial charge in [0.1, 0.15) is 5.82 Å². The third kappa shape index (κ3) is 6.12. The van der Waals surface area contributed by atoms with Gasteiger partial charge in [-0.2, -0.15) is 0 Å². The van der Waals surface area contributed by atoms with E-state index in [4.69, 9.17) is 0 Å². The van der Waals surface area contributed by atoms with Gasteiger partial charge in [0, 0.05) is 18.6 Å². The van der Waals surface area contributed by atoms with Gasteiger partial charge in [0.2, 0.25) is 0 Å². The fraction of sp³-hybridized carbons (Fsp3) is 0.562. The molecular formula is C16H27FN4. The maximum atomic E-state index is 13.1. The van der Waals surface area contributed by atoms with Crippen LogP contribution in [-0.2, 0) is 6.54 Å². The van der Waals surface area contributed by atoms with Gasteiger partial charge in [-0.05, 0) is 52.6 Å². The third-order valence-electron chi connectivity index (χ3n) is 3.55. The second kappa shape index (κ2) is 7.98. The van der Waals surface area contributed by atoms with E-state index in [9.17, 15) is 4.39 Å². The lowest BCUT2D eigenvalue weighted by atomic mass is 10.0. The molecule has 118 valence electrons. The highest BCUT2D eigenvalue weighted by Gasteiger charge is 2.20.